The zero-order chi connectivity index (χ0) is 33.4. The number of aryl methyl sites for hydroxylation is 4. The molecule has 248 valence electrons. The van der Waals surface area contributed by atoms with Crippen molar-refractivity contribution in [3.05, 3.63) is 119 Å². The van der Waals surface area contributed by atoms with E-state index in [1.807, 2.05) is 0 Å². The fourth-order valence-electron chi connectivity index (χ4n) is 6.26. The Balaban J connectivity index is 1.14. The third-order valence-corrected chi connectivity index (χ3v) is 9.31. The van der Waals surface area contributed by atoms with Crippen molar-refractivity contribution in [3.63, 3.8) is 0 Å². The minimum Gasteiger partial charge on any atom is -0.372 e. The zero-order valence-corrected chi connectivity index (χ0v) is 30.0. The van der Waals surface area contributed by atoms with Gasteiger partial charge in [0, 0.05) is 73.7 Å². The Bertz CT molecular complexity index is 1440. The van der Waals surface area contributed by atoms with E-state index in [9.17, 15) is 0 Å². The van der Waals surface area contributed by atoms with Crippen LogP contribution in [0.3, 0.4) is 0 Å². The summed E-state index contributed by atoms with van der Waals surface area (Å²) in [5.41, 5.74) is 10.3. The van der Waals surface area contributed by atoms with Crippen molar-refractivity contribution in [2.75, 3.05) is 36.0 Å². The second-order valence-corrected chi connectivity index (χ2v) is 12.6. The molecule has 0 unspecified atom stereocenters. The first-order valence-corrected chi connectivity index (χ1v) is 18.0. The highest BCUT2D eigenvalue weighted by Gasteiger charge is 2.07. The lowest BCUT2D eigenvalue weighted by Gasteiger charge is -2.20. The number of hydrogen-bond acceptors (Lipinski definition) is 2. The second kappa shape index (κ2) is 18.8. The van der Waals surface area contributed by atoms with Crippen LogP contribution in [-0.4, -0.2) is 26.2 Å². The van der Waals surface area contributed by atoms with Gasteiger partial charge in [-0.1, -0.05) is 55.0 Å². The minimum absolute atomic E-state index is 1.04. The van der Waals surface area contributed by atoms with E-state index in [4.69, 9.17) is 0 Å². The molecule has 0 bridgehead atoms. The summed E-state index contributed by atoms with van der Waals surface area (Å²) in [7, 11) is 0. The lowest BCUT2D eigenvalue weighted by atomic mass is 10.1. The molecule has 0 amide bonds. The molecule has 4 aromatic rings. The van der Waals surface area contributed by atoms with Crippen molar-refractivity contribution in [2.45, 2.75) is 86.7 Å². The Morgan fingerprint density at radius 2 is 0.830 bits per heavy atom. The number of benzene rings is 2. The Morgan fingerprint density at radius 3 is 1.17 bits per heavy atom. The third-order valence-electron chi connectivity index (χ3n) is 9.31. The van der Waals surface area contributed by atoms with E-state index >= 15 is 0 Å². The Morgan fingerprint density at radius 1 is 0.468 bits per heavy atom. The summed E-state index contributed by atoms with van der Waals surface area (Å²) >= 11 is 0. The highest BCUT2D eigenvalue weighted by Crippen LogP contribution is 2.19. The quantitative estimate of drug-likeness (QED) is 0.0803. The van der Waals surface area contributed by atoms with E-state index in [0.717, 1.165) is 39.3 Å². The van der Waals surface area contributed by atoms with Crippen molar-refractivity contribution in [3.8, 4) is 0 Å². The molecule has 2 heterocycles. The van der Waals surface area contributed by atoms with Crippen LogP contribution in [0.15, 0.2) is 85.5 Å². The standard InChI is InChI=1S/C43H58N4/c1-7-46(8-2)42-24-18-38(19-25-42)16-22-40-28-32-44(34-36(40)5)30-14-12-11-13-15-31-45-33-29-41(37(6)35-45)23-17-39-20-26-43(27-21-39)47(9-3)10-4/h16-29,32-35H,7-15,30-31H2,1-6H3/q+2. The predicted octanol–water partition coefficient (Wildman–Crippen LogP) is 9.56. The van der Waals surface area contributed by atoms with Crippen molar-refractivity contribution >= 4 is 35.7 Å². The topological polar surface area (TPSA) is 14.2 Å². The Kier molecular flexibility index (Phi) is 14.3. The fourth-order valence-corrected chi connectivity index (χ4v) is 6.26. The van der Waals surface area contributed by atoms with Crippen LogP contribution < -0.4 is 18.9 Å². The van der Waals surface area contributed by atoms with Crippen LogP contribution >= 0.6 is 0 Å². The number of rotatable bonds is 18. The van der Waals surface area contributed by atoms with E-state index in [2.05, 4.69) is 170 Å². The van der Waals surface area contributed by atoms with Crippen molar-refractivity contribution in [1.29, 1.82) is 0 Å². The van der Waals surface area contributed by atoms with Crippen LogP contribution in [0, 0.1) is 13.8 Å². The van der Waals surface area contributed by atoms with Crippen LogP contribution in [0.1, 0.15) is 93.2 Å². The molecule has 0 saturated carbocycles. The van der Waals surface area contributed by atoms with Crippen LogP contribution in [-0.2, 0) is 13.1 Å². The molecule has 0 fully saturated rings. The van der Waals surface area contributed by atoms with Gasteiger partial charge in [0.2, 0.25) is 0 Å². The summed E-state index contributed by atoms with van der Waals surface area (Å²) in [6.07, 6.45) is 24.3. The van der Waals surface area contributed by atoms with Gasteiger partial charge in [0.05, 0.1) is 0 Å². The van der Waals surface area contributed by atoms with E-state index in [0.29, 0.717) is 0 Å². The summed E-state index contributed by atoms with van der Waals surface area (Å²) in [5.74, 6) is 0. The molecule has 0 N–H and O–H groups in total. The second-order valence-electron chi connectivity index (χ2n) is 12.6. The first-order valence-electron chi connectivity index (χ1n) is 18.0. The van der Waals surface area contributed by atoms with Gasteiger partial charge < -0.3 is 9.80 Å². The van der Waals surface area contributed by atoms with Gasteiger partial charge in [0.15, 0.2) is 24.8 Å². The molecule has 4 heteroatoms. The summed E-state index contributed by atoms with van der Waals surface area (Å²) in [5, 5.41) is 0. The SMILES string of the molecule is CCN(CC)c1ccc(/C=C/c2cc[n+](CCCCCCC[n+]3ccc(/C=C/c4ccc(N(CC)CC)cc4)c(C)c3)cc2C)cc1. The van der Waals surface area contributed by atoms with Crippen LogP contribution in [0.25, 0.3) is 24.3 Å². The summed E-state index contributed by atoms with van der Waals surface area (Å²) in [6, 6.07) is 22.3. The molecule has 2 aromatic carbocycles. The molecule has 0 radical (unpaired) electrons. The maximum atomic E-state index is 2.38. The van der Waals surface area contributed by atoms with Gasteiger partial charge in [-0.3, -0.25) is 0 Å². The van der Waals surface area contributed by atoms with Gasteiger partial charge in [-0.15, -0.1) is 0 Å². The van der Waals surface area contributed by atoms with Gasteiger partial charge in [0.1, 0.15) is 13.1 Å². The molecule has 4 nitrogen and oxygen atoms in total. The summed E-state index contributed by atoms with van der Waals surface area (Å²) < 4.78 is 4.70. The maximum absolute atomic E-state index is 2.38. The molecule has 0 aliphatic heterocycles. The number of unbranched alkanes of at least 4 members (excludes halogenated alkanes) is 4. The van der Waals surface area contributed by atoms with Crippen molar-refractivity contribution in [1.82, 2.24) is 0 Å². The average Bonchev–Trinajstić information content (AvgIpc) is 3.09. The Hall–Kier alpha value is -4.18. The first-order chi connectivity index (χ1) is 22.9. The molecule has 4 rings (SSSR count). The number of pyridine rings is 2. The molecule has 0 spiro atoms. The lowest BCUT2D eigenvalue weighted by molar-refractivity contribution is -0.698. The van der Waals surface area contributed by atoms with Crippen LogP contribution in [0.2, 0.25) is 0 Å². The average molecular weight is 631 g/mol. The summed E-state index contributed by atoms with van der Waals surface area (Å²) in [6.45, 7) is 19.6. The van der Waals surface area contributed by atoms with Crippen LogP contribution in [0.5, 0.6) is 0 Å². The van der Waals surface area contributed by atoms with Crippen molar-refractivity contribution in [2.24, 2.45) is 0 Å². The van der Waals surface area contributed by atoms with E-state index in [1.165, 1.54) is 76.9 Å². The highest BCUT2D eigenvalue weighted by molar-refractivity contribution is 5.72. The predicted molar refractivity (Wildman–Crippen MR) is 204 cm³/mol. The first kappa shape index (κ1) is 35.7. The molecule has 0 atom stereocenters. The largest absolute Gasteiger partial charge is 0.372 e. The van der Waals surface area contributed by atoms with E-state index < -0.39 is 0 Å². The molecular formula is C43H58N4+2. The monoisotopic (exact) mass is 630 g/mol. The minimum atomic E-state index is 1.04. The van der Waals surface area contributed by atoms with Crippen LogP contribution in [0.4, 0.5) is 11.4 Å². The summed E-state index contributed by atoms with van der Waals surface area (Å²) in [4.78, 5) is 4.75. The normalized spacial score (nSPS) is 11.5. The van der Waals surface area contributed by atoms with Crippen molar-refractivity contribution < 1.29 is 9.13 Å². The molecule has 2 aromatic heterocycles. The zero-order valence-electron chi connectivity index (χ0n) is 30.0. The molecular weight excluding hydrogens is 573 g/mol. The Labute approximate surface area is 285 Å². The highest BCUT2D eigenvalue weighted by atomic mass is 15.1. The van der Waals surface area contributed by atoms with E-state index in [1.54, 1.807) is 0 Å². The van der Waals surface area contributed by atoms with Gasteiger partial charge in [0.25, 0.3) is 0 Å². The third kappa shape index (κ3) is 10.9. The lowest BCUT2D eigenvalue weighted by Crippen LogP contribution is -2.33. The number of nitrogens with zero attached hydrogens (tertiary/aromatic N) is 4. The number of aromatic nitrogens is 2. The van der Waals surface area contributed by atoms with E-state index in [-0.39, 0.29) is 0 Å². The number of anilines is 2. The molecule has 0 aliphatic rings. The van der Waals surface area contributed by atoms with Gasteiger partial charge in [-0.25, -0.2) is 9.13 Å². The molecule has 47 heavy (non-hydrogen) atoms. The molecule has 0 aliphatic carbocycles. The van der Waals surface area contributed by atoms with Gasteiger partial charge in [-0.2, -0.15) is 0 Å². The smallest absolute Gasteiger partial charge is 0.172 e. The van der Waals surface area contributed by atoms with Gasteiger partial charge >= 0.3 is 0 Å². The van der Waals surface area contributed by atoms with Gasteiger partial charge in [-0.05, 0) is 101 Å². The molecule has 0 saturated heterocycles. The number of hydrogen-bond donors (Lipinski definition) is 0. The maximum Gasteiger partial charge on any atom is 0.172 e. The fraction of sp³-hybridized carbons (Fsp3) is 0.395.